The van der Waals surface area contributed by atoms with Gasteiger partial charge in [0.1, 0.15) is 0 Å². The van der Waals surface area contributed by atoms with Gasteiger partial charge < -0.3 is 15.3 Å². The van der Waals surface area contributed by atoms with Crippen LogP contribution < -0.4 is 5.32 Å². The van der Waals surface area contributed by atoms with Crippen LogP contribution in [0.1, 0.15) is 45.4 Å². The smallest absolute Gasteiger partial charge is 0.317 e. The van der Waals surface area contributed by atoms with Gasteiger partial charge in [-0.2, -0.15) is 0 Å². The molecule has 1 aliphatic carbocycles. The van der Waals surface area contributed by atoms with E-state index in [1.54, 1.807) is 4.90 Å². The number of rotatable bonds is 3. The van der Waals surface area contributed by atoms with Gasteiger partial charge >= 0.3 is 12.0 Å². The molecule has 2 rings (SSSR count). The highest BCUT2D eigenvalue weighted by molar-refractivity contribution is 5.78. The van der Waals surface area contributed by atoms with Gasteiger partial charge in [-0.1, -0.05) is 6.92 Å². The van der Waals surface area contributed by atoms with Crippen LogP contribution in [0.25, 0.3) is 0 Å². The third-order valence-corrected chi connectivity index (χ3v) is 4.66. The number of aliphatic carboxylic acids is 1. The molecular weight excluding hydrogens is 244 g/mol. The normalized spacial score (nSPS) is 31.2. The lowest BCUT2D eigenvalue weighted by atomic mass is 9.71. The molecule has 0 radical (unpaired) electrons. The van der Waals surface area contributed by atoms with Crippen molar-refractivity contribution in [3.05, 3.63) is 0 Å². The van der Waals surface area contributed by atoms with Crippen molar-refractivity contribution in [1.82, 2.24) is 10.2 Å². The number of amides is 2. The van der Waals surface area contributed by atoms with Crippen molar-refractivity contribution >= 4 is 12.0 Å². The summed E-state index contributed by atoms with van der Waals surface area (Å²) in [5.41, 5.74) is -0.748. The lowest BCUT2D eigenvalue weighted by Gasteiger charge is -2.36. The molecule has 0 spiro atoms. The van der Waals surface area contributed by atoms with Gasteiger partial charge in [-0.15, -0.1) is 0 Å². The monoisotopic (exact) mass is 268 g/mol. The molecule has 1 saturated heterocycles. The Morgan fingerprint density at radius 1 is 1.26 bits per heavy atom. The summed E-state index contributed by atoms with van der Waals surface area (Å²) in [6.07, 6.45) is 5.31. The van der Waals surface area contributed by atoms with Gasteiger partial charge in [0, 0.05) is 19.6 Å². The van der Waals surface area contributed by atoms with Crippen molar-refractivity contribution in [3.63, 3.8) is 0 Å². The highest BCUT2D eigenvalue weighted by Crippen LogP contribution is 2.38. The van der Waals surface area contributed by atoms with Crippen LogP contribution in [-0.2, 0) is 4.79 Å². The number of nitrogens with one attached hydrogen (secondary N) is 1. The first-order chi connectivity index (χ1) is 9.03. The van der Waals surface area contributed by atoms with Crippen molar-refractivity contribution in [2.45, 2.75) is 45.4 Å². The van der Waals surface area contributed by atoms with E-state index in [-0.39, 0.29) is 12.6 Å². The Balaban J connectivity index is 1.90. The van der Waals surface area contributed by atoms with Crippen molar-refractivity contribution in [1.29, 1.82) is 0 Å². The fourth-order valence-corrected chi connectivity index (χ4v) is 3.06. The van der Waals surface area contributed by atoms with E-state index in [1.807, 2.05) is 0 Å². The van der Waals surface area contributed by atoms with E-state index < -0.39 is 11.4 Å². The molecule has 2 N–H and O–H groups in total. The second kappa shape index (κ2) is 5.80. The van der Waals surface area contributed by atoms with Gasteiger partial charge in [0.15, 0.2) is 0 Å². The largest absolute Gasteiger partial charge is 0.481 e. The molecule has 0 bridgehead atoms. The zero-order valence-electron chi connectivity index (χ0n) is 11.7. The van der Waals surface area contributed by atoms with Crippen LogP contribution in [0.5, 0.6) is 0 Å². The number of hydrogen-bond acceptors (Lipinski definition) is 2. The second-order valence-corrected chi connectivity index (χ2v) is 6.12. The first kappa shape index (κ1) is 14.2. The zero-order valence-corrected chi connectivity index (χ0v) is 11.7. The fraction of sp³-hybridized carbons (Fsp3) is 0.857. The Labute approximate surface area is 114 Å². The Morgan fingerprint density at radius 3 is 2.37 bits per heavy atom. The number of carbonyl (C=O) groups excluding carboxylic acids is 1. The van der Waals surface area contributed by atoms with Gasteiger partial charge in [-0.25, -0.2) is 4.79 Å². The van der Waals surface area contributed by atoms with Crippen molar-refractivity contribution in [2.75, 3.05) is 19.6 Å². The van der Waals surface area contributed by atoms with E-state index in [4.69, 9.17) is 0 Å². The van der Waals surface area contributed by atoms with Gasteiger partial charge in [0.05, 0.1) is 5.41 Å². The van der Waals surface area contributed by atoms with Crippen LogP contribution in [-0.4, -0.2) is 41.6 Å². The average Bonchev–Trinajstić information content (AvgIpc) is 2.92. The number of carbonyl (C=O) groups is 2. The van der Waals surface area contributed by atoms with Gasteiger partial charge in [-0.3, -0.25) is 4.79 Å². The fourth-order valence-electron chi connectivity index (χ4n) is 3.06. The molecule has 0 unspecified atom stereocenters. The maximum absolute atomic E-state index is 11.9. The Kier molecular flexibility index (Phi) is 4.32. The summed E-state index contributed by atoms with van der Waals surface area (Å²) in [7, 11) is 0. The van der Waals surface area contributed by atoms with Crippen LogP contribution >= 0.6 is 0 Å². The van der Waals surface area contributed by atoms with Crippen LogP contribution in [0, 0.1) is 11.3 Å². The number of nitrogens with zero attached hydrogens (tertiary/aromatic N) is 1. The van der Waals surface area contributed by atoms with Crippen molar-refractivity contribution < 1.29 is 14.7 Å². The van der Waals surface area contributed by atoms with Gasteiger partial charge in [0.2, 0.25) is 0 Å². The molecule has 2 fully saturated rings. The molecule has 2 amide bonds. The molecule has 1 saturated carbocycles. The topological polar surface area (TPSA) is 69.6 Å². The third-order valence-electron chi connectivity index (χ3n) is 4.66. The minimum atomic E-state index is -0.763. The van der Waals surface area contributed by atoms with E-state index in [0.717, 1.165) is 38.8 Å². The lowest BCUT2D eigenvalue weighted by Crippen LogP contribution is -2.48. The summed E-state index contributed by atoms with van der Waals surface area (Å²) in [6.45, 7) is 4.02. The Morgan fingerprint density at radius 2 is 1.84 bits per heavy atom. The molecule has 1 heterocycles. The molecule has 5 heteroatoms. The van der Waals surface area contributed by atoms with E-state index in [0.29, 0.717) is 18.8 Å². The van der Waals surface area contributed by atoms with Crippen LogP contribution in [0.15, 0.2) is 0 Å². The SMILES string of the molecule is CC1CCC(CNC(=O)N2CCCC2)(C(=O)O)CC1. The molecule has 19 heavy (non-hydrogen) atoms. The number of urea groups is 1. The molecule has 0 atom stereocenters. The predicted octanol–water partition coefficient (Wildman–Crippen LogP) is 2.07. The van der Waals surface area contributed by atoms with E-state index in [1.165, 1.54) is 0 Å². The van der Waals surface area contributed by atoms with Gasteiger partial charge in [-0.05, 0) is 44.4 Å². The molecule has 0 aromatic heterocycles. The maximum Gasteiger partial charge on any atom is 0.317 e. The molecule has 108 valence electrons. The first-order valence-electron chi connectivity index (χ1n) is 7.30. The Bertz CT molecular complexity index is 343. The quantitative estimate of drug-likeness (QED) is 0.823. The number of likely N-dealkylation sites (tertiary alicyclic amines) is 1. The summed E-state index contributed by atoms with van der Waals surface area (Å²) in [6, 6.07) is -0.100. The van der Waals surface area contributed by atoms with E-state index in [9.17, 15) is 14.7 Å². The highest BCUT2D eigenvalue weighted by Gasteiger charge is 2.41. The number of hydrogen-bond donors (Lipinski definition) is 2. The molecule has 5 nitrogen and oxygen atoms in total. The first-order valence-corrected chi connectivity index (χ1v) is 7.30. The standard InChI is InChI=1S/C14H24N2O3/c1-11-4-6-14(7-5-11,12(17)18)10-15-13(19)16-8-2-3-9-16/h11H,2-10H2,1H3,(H,15,19)(H,17,18). The van der Waals surface area contributed by atoms with Crippen molar-refractivity contribution in [2.24, 2.45) is 11.3 Å². The summed E-state index contributed by atoms with van der Waals surface area (Å²) >= 11 is 0. The summed E-state index contributed by atoms with van der Waals surface area (Å²) in [5, 5.41) is 12.3. The van der Waals surface area contributed by atoms with Crippen LogP contribution in [0.3, 0.4) is 0 Å². The second-order valence-electron chi connectivity index (χ2n) is 6.12. The predicted molar refractivity (Wildman–Crippen MR) is 71.9 cm³/mol. The number of carboxylic acids is 1. The minimum absolute atomic E-state index is 0.100. The van der Waals surface area contributed by atoms with Crippen LogP contribution in [0.2, 0.25) is 0 Å². The molecule has 1 aliphatic heterocycles. The molecule has 0 aromatic rings. The van der Waals surface area contributed by atoms with Gasteiger partial charge in [0.25, 0.3) is 0 Å². The van der Waals surface area contributed by atoms with E-state index in [2.05, 4.69) is 12.2 Å². The van der Waals surface area contributed by atoms with E-state index >= 15 is 0 Å². The third kappa shape index (κ3) is 3.19. The highest BCUT2D eigenvalue weighted by atomic mass is 16.4. The Hall–Kier alpha value is -1.26. The molecule has 2 aliphatic rings. The van der Waals surface area contributed by atoms with Crippen LogP contribution in [0.4, 0.5) is 4.79 Å². The minimum Gasteiger partial charge on any atom is -0.481 e. The zero-order chi connectivity index (χ0) is 13.9. The average molecular weight is 268 g/mol. The number of carboxylic acid groups (broad SMARTS) is 1. The summed E-state index contributed by atoms with van der Waals surface area (Å²) < 4.78 is 0. The molecular formula is C14H24N2O3. The van der Waals surface area contributed by atoms with Crippen molar-refractivity contribution in [3.8, 4) is 0 Å². The lowest BCUT2D eigenvalue weighted by molar-refractivity contribution is -0.151. The summed E-state index contributed by atoms with van der Waals surface area (Å²) in [5.74, 6) is -0.164. The molecule has 0 aromatic carbocycles. The summed E-state index contributed by atoms with van der Waals surface area (Å²) in [4.78, 5) is 25.3. The maximum atomic E-state index is 11.9.